The van der Waals surface area contributed by atoms with Crippen molar-refractivity contribution in [2.45, 2.75) is 31.7 Å². The molecule has 2 saturated carbocycles. The molecule has 2 fully saturated rings. The van der Waals surface area contributed by atoms with Gasteiger partial charge in [0.2, 0.25) is 5.95 Å². The fourth-order valence-corrected chi connectivity index (χ4v) is 3.55. The number of H-pyrrole nitrogens is 1. The van der Waals surface area contributed by atoms with Crippen LogP contribution in [0.25, 0.3) is 11.2 Å². The summed E-state index contributed by atoms with van der Waals surface area (Å²) in [6, 6.07) is 0.532. The number of nitrogen functional groups attached to an aromatic ring is 1. The van der Waals surface area contributed by atoms with Crippen LogP contribution in [0.2, 0.25) is 0 Å². The molecule has 2 aliphatic rings. The number of nitrogens with zero attached hydrogens (tertiary/aromatic N) is 3. The number of aromatic amines is 1. The molecule has 4 N–H and O–H groups in total. The summed E-state index contributed by atoms with van der Waals surface area (Å²) in [5.74, 6) is 2.78. The Morgan fingerprint density at radius 1 is 1.28 bits per heavy atom. The van der Waals surface area contributed by atoms with Crippen LogP contribution in [0.5, 0.6) is 0 Å². The Morgan fingerprint density at radius 2 is 2.22 bits per heavy atom. The van der Waals surface area contributed by atoms with Crippen molar-refractivity contribution >= 4 is 22.9 Å². The first-order valence-corrected chi connectivity index (χ1v) is 6.53. The molecule has 2 aliphatic carbocycles. The van der Waals surface area contributed by atoms with Gasteiger partial charge in [-0.05, 0) is 31.1 Å². The zero-order valence-corrected chi connectivity index (χ0v) is 10.1. The van der Waals surface area contributed by atoms with Crippen molar-refractivity contribution in [3.63, 3.8) is 0 Å². The summed E-state index contributed by atoms with van der Waals surface area (Å²) in [5, 5.41) is 3.54. The quantitative estimate of drug-likeness (QED) is 0.745. The lowest BCUT2D eigenvalue weighted by Crippen LogP contribution is -2.26. The maximum absolute atomic E-state index is 5.72. The van der Waals surface area contributed by atoms with E-state index in [-0.39, 0.29) is 5.95 Å². The average molecular weight is 244 g/mol. The molecule has 18 heavy (non-hydrogen) atoms. The van der Waals surface area contributed by atoms with Crippen LogP contribution in [0.3, 0.4) is 0 Å². The predicted octanol–water partition coefficient (Wildman–Crippen LogP) is 1.54. The first-order chi connectivity index (χ1) is 8.79. The zero-order chi connectivity index (χ0) is 12.1. The van der Waals surface area contributed by atoms with E-state index in [2.05, 4.69) is 25.3 Å². The molecular formula is C12H16N6. The van der Waals surface area contributed by atoms with Gasteiger partial charge in [0.05, 0.1) is 6.33 Å². The summed E-state index contributed by atoms with van der Waals surface area (Å²) in [5.41, 5.74) is 7.20. The van der Waals surface area contributed by atoms with Crippen LogP contribution in [0.4, 0.5) is 11.8 Å². The van der Waals surface area contributed by atoms with Gasteiger partial charge in [-0.15, -0.1) is 0 Å². The molecule has 0 spiro atoms. The second-order valence-corrected chi connectivity index (χ2v) is 5.46. The van der Waals surface area contributed by atoms with Gasteiger partial charge >= 0.3 is 0 Å². The van der Waals surface area contributed by atoms with Crippen molar-refractivity contribution in [2.24, 2.45) is 11.8 Å². The second kappa shape index (κ2) is 3.57. The van der Waals surface area contributed by atoms with Crippen molar-refractivity contribution in [3.05, 3.63) is 6.33 Å². The Bertz CT molecular complexity index is 591. The van der Waals surface area contributed by atoms with Gasteiger partial charge < -0.3 is 16.0 Å². The molecule has 0 saturated heterocycles. The zero-order valence-electron chi connectivity index (χ0n) is 10.1. The smallest absolute Gasteiger partial charge is 0.224 e. The first kappa shape index (κ1) is 10.1. The molecule has 6 nitrogen and oxygen atoms in total. The summed E-state index contributed by atoms with van der Waals surface area (Å²) in [4.78, 5) is 15.6. The maximum atomic E-state index is 5.72. The molecule has 2 aromatic rings. The van der Waals surface area contributed by atoms with E-state index in [0.717, 1.165) is 23.2 Å². The van der Waals surface area contributed by atoms with Gasteiger partial charge in [-0.2, -0.15) is 9.97 Å². The highest BCUT2D eigenvalue weighted by molar-refractivity contribution is 5.83. The topological polar surface area (TPSA) is 92.5 Å². The third kappa shape index (κ3) is 1.45. The number of nitrogens with two attached hydrogens (primary N) is 1. The van der Waals surface area contributed by atoms with Crippen LogP contribution in [0.1, 0.15) is 25.7 Å². The Kier molecular flexibility index (Phi) is 2.00. The minimum atomic E-state index is 0.278. The molecule has 0 amide bonds. The summed E-state index contributed by atoms with van der Waals surface area (Å²) in [7, 11) is 0. The third-order valence-electron chi connectivity index (χ3n) is 4.36. The summed E-state index contributed by atoms with van der Waals surface area (Å²) < 4.78 is 0. The predicted molar refractivity (Wildman–Crippen MR) is 69.0 cm³/mol. The van der Waals surface area contributed by atoms with Crippen molar-refractivity contribution in [3.8, 4) is 0 Å². The largest absolute Gasteiger partial charge is 0.368 e. The summed E-state index contributed by atoms with van der Waals surface area (Å²) in [6.45, 7) is 0. The average Bonchev–Trinajstić information content (AvgIpc) is 3.02. The minimum Gasteiger partial charge on any atom is -0.368 e. The van der Waals surface area contributed by atoms with Gasteiger partial charge in [0.25, 0.3) is 0 Å². The molecule has 0 aliphatic heterocycles. The van der Waals surface area contributed by atoms with Crippen molar-refractivity contribution in [1.29, 1.82) is 0 Å². The third-order valence-corrected chi connectivity index (χ3v) is 4.36. The van der Waals surface area contributed by atoms with E-state index in [1.807, 2.05) is 0 Å². The van der Waals surface area contributed by atoms with Crippen LogP contribution in [-0.4, -0.2) is 26.0 Å². The van der Waals surface area contributed by atoms with Gasteiger partial charge in [-0.1, -0.05) is 6.42 Å². The van der Waals surface area contributed by atoms with Crippen LogP contribution in [-0.2, 0) is 0 Å². The van der Waals surface area contributed by atoms with Crippen molar-refractivity contribution in [1.82, 2.24) is 19.9 Å². The molecule has 2 bridgehead atoms. The standard InChI is InChI=1S/C12H16N6/c13-12-17-10-9(14-5-15-10)11(18-12)16-8-4-6-1-2-7(8)3-6/h5-8H,1-4H2,(H4,13,14,15,16,17,18)/t6?,7-,8?/m1/s1. The summed E-state index contributed by atoms with van der Waals surface area (Å²) >= 11 is 0. The normalized spacial score (nSPS) is 30.1. The number of rotatable bonds is 2. The van der Waals surface area contributed by atoms with E-state index < -0.39 is 0 Å². The van der Waals surface area contributed by atoms with Crippen LogP contribution >= 0.6 is 0 Å². The van der Waals surface area contributed by atoms with E-state index in [9.17, 15) is 0 Å². The first-order valence-electron chi connectivity index (χ1n) is 6.53. The van der Waals surface area contributed by atoms with Gasteiger partial charge in [-0.3, -0.25) is 0 Å². The Balaban J connectivity index is 1.68. The molecular weight excluding hydrogens is 228 g/mol. The van der Waals surface area contributed by atoms with Gasteiger partial charge in [0, 0.05) is 6.04 Å². The van der Waals surface area contributed by atoms with E-state index in [1.165, 1.54) is 25.7 Å². The molecule has 4 rings (SSSR count). The van der Waals surface area contributed by atoms with Crippen LogP contribution in [0, 0.1) is 11.8 Å². The monoisotopic (exact) mass is 244 g/mol. The van der Waals surface area contributed by atoms with Gasteiger partial charge in [-0.25, -0.2) is 4.98 Å². The molecule has 3 atom stereocenters. The highest BCUT2D eigenvalue weighted by atomic mass is 15.1. The molecule has 6 heteroatoms. The van der Waals surface area contributed by atoms with Gasteiger partial charge in [0.1, 0.15) is 5.52 Å². The highest BCUT2D eigenvalue weighted by Gasteiger charge is 2.39. The Hall–Kier alpha value is -1.85. The number of fused-ring (bicyclic) bond motifs is 3. The second-order valence-electron chi connectivity index (χ2n) is 5.46. The molecule has 2 aromatic heterocycles. The fraction of sp³-hybridized carbons (Fsp3) is 0.583. The van der Waals surface area contributed by atoms with Crippen molar-refractivity contribution in [2.75, 3.05) is 11.1 Å². The molecule has 2 unspecified atom stereocenters. The lowest BCUT2D eigenvalue weighted by Gasteiger charge is -2.23. The van der Waals surface area contributed by atoms with E-state index in [4.69, 9.17) is 5.73 Å². The number of hydrogen-bond donors (Lipinski definition) is 3. The van der Waals surface area contributed by atoms with Crippen LogP contribution < -0.4 is 11.1 Å². The lowest BCUT2D eigenvalue weighted by atomic mass is 9.95. The van der Waals surface area contributed by atoms with Gasteiger partial charge in [0.15, 0.2) is 11.5 Å². The fourth-order valence-electron chi connectivity index (χ4n) is 3.55. The highest BCUT2D eigenvalue weighted by Crippen LogP contribution is 2.45. The SMILES string of the molecule is Nc1nc(NC2CC3CC[C@@H]2C3)c2[nH]cnc2n1. The maximum Gasteiger partial charge on any atom is 0.224 e. The molecule has 2 heterocycles. The number of nitrogens with one attached hydrogen (secondary N) is 2. The molecule has 0 radical (unpaired) electrons. The Morgan fingerprint density at radius 3 is 3.00 bits per heavy atom. The summed E-state index contributed by atoms with van der Waals surface area (Å²) in [6.07, 6.45) is 6.99. The Labute approximate surface area is 104 Å². The number of aromatic nitrogens is 4. The van der Waals surface area contributed by atoms with Crippen molar-refractivity contribution < 1.29 is 0 Å². The van der Waals surface area contributed by atoms with E-state index >= 15 is 0 Å². The van der Waals surface area contributed by atoms with E-state index in [1.54, 1.807) is 6.33 Å². The van der Waals surface area contributed by atoms with E-state index in [0.29, 0.717) is 11.7 Å². The van der Waals surface area contributed by atoms with Crippen LogP contribution in [0.15, 0.2) is 6.33 Å². The molecule has 0 aromatic carbocycles. The number of anilines is 2. The minimum absolute atomic E-state index is 0.278. The number of imidazole rings is 1. The number of hydrogen-bond acceptors (Lipinski definition) is 5. The molecule has 94 valence electrons. The lowest BCUT2D eigenvalue weighted by molar-refractivity contribution is 0.439.